The molecule has 0 fully saturated rings. The number of carbonyl (C=O) groups excluding carboxylic acids is 1. The van der Waals surface area contributed by atoms with E-state index in [4.69, 9.17) is 5.26 Å². The van der Waals surface area contributed by atoms with Gasteiger partial charge in [0.15, 0.2) is 0 Å². The number of hydrogen-bond donors (Lipinski definition) is 0. The Morgan fingerprint density at radius 1 is 1.33 bits per heavy atom. The van der Waals surface area contributed by atoms with Gasteiger partial charge in [0, 0.05) is 0 Å². The summed E-state index contributed by atoms with van der Waals surface area (Å²) in [5.41, 5.74) is -1.86. The molecular weight excluding hydrogens is 251 g/mol. The summed E-state index contributed by atoms with van der Waals surface area (Å²) in [6, 6.07) is 2.84. The van der Waals surface area contributed by atoms with Crippen molar-refractivity contribution in [3.63, 3.8) is 0 Å². The van der Waals surface area contributed by atoms with Crippen molar-refractivity contribution in [2.45, 2.75) is 6.18 Å². The van der Waals surface area contributed by atoms with Gasteiger partial charge < -0.3 is 9.47 Å². The predicted octanol–water partition coefficient (Wildman–Crippen LogP) is 2.37. The molecule has 0 N–H and O–H groups in total. The quantitative estimate of drug-likeness (QED) is 0.765. The number of nitriles is 1. The molecule has 0 radical (unpaired) electrons. The molecular formula is C11H8F3NO3. The van der Waals surface area contributed by atoms with Crippen LogP contribution in [0.5, 0.6) is 5.75 Å². The monoisotopic (exact) mass is 259 g/mol. The van der Waals surface area contributed by atoms with Crippen molar-refractivity contribution in [3.05, 3.63) is 28.8 Å². The molecule has 0 bridgehead atoms. The highest BCUT2D eigenvalue weighted by Gasteiger charge is 2.33. The topological polar surface area (TPSA) is 59.3 Å². The Labute approximate surface area is 101 Å². The molecule has 0 amide bonds. The fraction of sp³-hybridized carbons (Fsp3) is 0.273. The molecule has 0 aliphatic carbocycles. The third kappa shape index (κ3) is 2.53. The van der Waals surface area contributed by atoms with E-state index in [2.05, 4.69) is 9.47 Å². The van der Waals surface area contributed by atoms with Gasteiger partial charge in [-0.2, -0.15) is 18.4 Å². The molecule has 7 heteroatoms. The van der Waals surface area contributed by atoms with E-state index in [0.29, 0.717) is 12.1 Å². The van der Waals surface area contributed by atoms with Gasteiger partial charge in [-0.05, 0) is 12.1 Å². The van der Waals surface area contributed by atoms with Crippen LogP contribution in [0.1, 0.15) is 21.5 Å². The van der Waals surface area contributed by atoms with Crippen LogP contribution in [0.4, 0.5) is 13.2 Å². The lowest BCUT2D eigenvalue weighted by Crippen LogP contribution is -2.11. The average molecular weight is 259 g/mol. The molecule has 1 aromatic rings. The van der Waals surface area contributed by atoms with E-state index >= 15 is 0 Å². The lowest BCUT2D eigenvalue weighted by Gasteiger charge is -2.12. The van der Waals surface area contributed by atoms with Crippen molar-refractivity contribution in [2.24, 2.45) is 0 Å². The summed E-state index contributed by atoms with van der Waals surface area (Å²) in [7, 11) is 2.12. The number of hydrogen-bond acceptors (Lipinski definition) is 4. The number of rotatable bonds is 2. The van der Waals surface area contributed by atoms with Crippen LogP contribution in [0, 0.1) is 11.3 Å². The molecule has 0 aromatic heterocycles. The second kappa shape index (κ2) is 4.96. The summed E-state index contributed by atoms with van der Waals surface area (Å²) in [4.78, 5) is 11.3. The number of halogens is 3. The first kappa shape index (κ1) is 13.8. The highest BCUT2D eigenvalue weighted by atomic mass is 19.4. The highest BCUT2D eigenvalue weighted by molar-refractivity contribution is 5.93. The zero-order chi connectivity index (χ0) is 13.9. The summed E-state index contributed by atoms with van der Waals surface area (Å²) in [5.74, 6) is -1.36. The van der Waals surface area contributed by atoms with Gasteiger partial charge in [0.2, 0.25) is 0 Å². The maximum atomic E-state index is 12.6. The van der Waals surface area contributed by atoms with Crippen molar-refractivity contribution in [1.82, 2.24) is 0 Å². The third-order valence-electron chi connectivity index (χ3n) is 2.17. The lowest BCUT2D eigenvalue weighted by molar-refractivity contribution is -0.137. The van der Waals surface area contributed by atoms with Crippen molar-refractivity contribution >= 4 is 5.97 Å². The van der Waals surface area contributed by atoms with Gasteiger partial charge in [-0.25, -0.2) is 4.79 Å². The molecule has 0 unspecified atom stereocenters. The van der Waals surface area contributed by atoms with Gasteiger partial charge in [0.25, 0.3) is 0 Å². The van der Waals surface area contributed by atoms with Crippen LogP contribution in [-0.4, -0.2) is 20.2 Å². The summed E-state index contributed by atoms with van der Waals surface area (Å²) in [6.45, 7) is 0. The Morgan fingerprint density at radius 3 is 2.33 bits per heavy atom. The van der Waals surface area contributed by atoms with E-state index < -0.39 is 23.3 Å². The van der Waals surface area contributed by atoms with Crippen LogP contribution in [0.15, 0.2) is 12.1 Å². The minimum absolute atomic E-state index is 0.294. The number of carbonyl (C=O) groups is 1. The van der Waals surface area contributed by atoms with Crippen LogP contribution >= 0.6 is 0 Å². The Bertz CT molecular complexity index is 517. The molecule has 18 heavy (non-hydrogen) atoms. The zero-order valence-corrected chi connectivity index (χ0v) is 9.46. The van der Waals surface area contributed by atoms with Gasteiger partial charge in [0.1, 0.15) is 17.4 Å². The highest BCUT2D eigenvalue weighted by Crippen LogP contribution is 2.35. The standard InChI is InChI=1S/C11H8F3NO3/c1-17-9-4-6(11(12,13)14)3-7(8(9)5-15)10(16)18-2/h3-4H,1-2H3. The van der Waals surface area contributed by atoms with E-state index in [1.165, 1.54) is 0 Å². The Hall–Kier alpha value is -2.23. The largest absolute Gasteiger partial charge is 0.495 e. The Kier molecular flexibility index (Phi) is 3.81. The summed E-state index contributed by atoms with van der Waals surface area (Å²) in [5, 5.41) is 8.85. The molecule has 0 saturated heterocycles. The fourth-order valence-corrected chi connectivity index (χ4v) is 1.33. The van der Waals surface area contributed by atoms with Gasteiger partial charge >= 0.3 is 12.1 Å². The number of alkyl halides is 3. The molecule has 96 valence electrons. The van der Waals surface area contributed by atoms with Crippen molar-refractivity contribution in [1.29, 1.82) is 5.26 Å². The summed E-state index contributed by atoms with van der Waals surface area (Å²) < 4.78 is 46.8. The molecule has 1 rings (SSSR count). The van der Waals surface area contributed by atoms with Gasteiger partial charge in [-0.3, -0.25) is 0 Å². The average Bonchev–Trinajstić information content (AvgIpc) is 2.34. The number of nitrogens with zero attached hydrogens (tertiary/aromatic N) is 1. The number of benzene rings is 1. The lowest BCUT2D eigenvalue weighted by atomic mass is 10.0. The maximum Gasteiger partial charge on any atom is 0.416 e. The molecule has 0 saturated carbocycles. The van der Waals surface area contributed by atoms with Crippen molar-refractivity contribution < 1.29 is 27.4 Å². The molecule has 0 atom stereocenters. The first-order chi connectivity index (χ1) is 8.35. The van der Waals surface area contributed by atoms with Crippen LogP contribution in [0.2, 0.25) is 0 Å². The first-order valence-electron chi connectivity index (χ1n) is 4.62. The second-order valence-corrected chi connectivity index (χ2v) is 3.20. The van der Waals surface area contributed by atoms with Crippen molar-refractivity contribution in [2.75, 3.05) is 14.2 Å². The minimum atomic E-state index is -4.65. The fourth-order valence-electron chi connectivity index (χ4n) is 1.33. The van der Waals surface area contributed by atoms with E-state index in [9.17, 15) is 18.0 Å². The van der Waals surface area contributed by atoms with Crippen LogP contribution in [-0.2, 0) is 10.9 Å². The Morgan fingerprint density at radius 2 is 1.94 bits per heavy atom. The van der Waals surface area contributed by atoms with Crippen molar-refractivity contribution in [3.8, 4) is 11.8 Å². The SMILES string of the molecule is COC(=O)c1cc(C(F)(F)F)cc(OC)c1C#N. The van der Waals surface area contributed by atoms with Crippen LogP contribution in [0.3, 0.4) is 0 Å². The summed E-state index contributed by atoms with van der Waals surface area (Å²) in [6.07, 6.45) is -4.65. The molecule has 4 nitrogen and oxygen atoms in total. The van der Waals surface area contributed by atoms with Gasteiger partial charge in [-0.1, -0.05) is 0 Å². The van der Waals surface area contributed by atoms with E-state index in [1.807, 2.05) is 0 Å². The molecule has 0 spiro atoms. The summed E-state index contributed by atoms with van der Waals surface area (Å²) >= 11 is 0. The first-order valence-corrected chi connectivity index (χ1v) is 4.62. The number of esters is 1. The number of ether oxygens (including phenoxy) is 2. The normalized spacial score (nSPS) is 10.7. The van der Waals surface area contributed by atoms with Crippen LogP contribution in [0.25, 0.3) is 0 Å². The Balaban J connectivity index is 3.57. The molecule has 1 aromatic carbocycles. The zero-order valence-electron chi connectivity index (χ0n) is 9.46. The van der Waals surface area contributed by atoms with E-state index in [0.717, 1.165) is 14.2 Å². The number of methoxy groups -OCH3 is 2. The molecule has 0 heterocycles. The minimum Gasteiger partial charge on any atom is -0.495 e. The molecule has 0 aliphatic heterocycles. The second-order valence-electron chi connectivity index (χ2n) is 3.20. The van der Waals surface area contributed by atoms with E-state index in [1.54, 1.807) is 6.07 Å². The predicted molar refractivity (Wildman–Crippen MR) is 54.1 cm³/mol. The molecule has 0 aliphatic rings. The maximum absolute atomic E-state index is 12.6. The smallest absolute Gasteiger partial charge is 0.416 e. The van der Waals surface area contributed by atoms with Gasteiger partial charge in [0.05, 0.1) is 25.3 Å². The van der Waals surface area contributed by atoms with E-state index in [-0.39, 0.29) is 11.3 Å². The third-order valence-corrected chi connectivity index (χ3v) is 2.17. The van der Waals surface area contributed by atoms with Crippen LogP contribution < -0.4 is 4.74 Å². The van der Waals surface area contributed by atoms with Gasteiger partial charge in [-0.15, -0.1) is 0 Å².